The Morgan fingerprint density at radius 2 is 2.60 bits per heavy atom. The summed E-state index contributed by atoms with van der Waals surface area (Å²) in [7, 11) is 0. The number of carbonyl (C=O) groups is 1. The third-order valence-electron chi connectivity index (χ3n) is 1.13. The van der Waals surface area contributed by atoms with E-state index in [0.29, 0.717) is 0 Å². The molecule has 4 nitrogen and oxygen atoms in total. The Kier molecular flexibility index (Phi) is 2.04. The molecule has 1 heterocycles. The minimum absolute atomic E-state index is 0.0772. The van der Waals surface area contributed by atoms with Crippen molar-refractivity contribution in [3.05, 3.63) is 12.4 Å². The Morgan fingerprint density at radius 3 is 3.10 bits per heavy atom. The Bertz CT molecular complexity index is 186. The second-order valence-corrected chi connectivity index (χ2v) is 1.98. The van der Waals surface area contributed by atoms with Crippen LogP contribution in [-0.4, -0.2) is 23.3 Å². The summed E-state index contributed by atoms with van der Waals surface area (Å²) in [5.41, 5.74) is 0. The van der Waals surface area contributed by atoms with Crippen LogP contribution in [0.4, 0.5) is 0 Å². The van der Waals surface area contributed by atoms with Gasteiger partial charge >= 0.3 is 5.97 Å². The predicted molar refractivity (Wildman–Crippen MR) is 36.8 cm³/mol. The molecule has 0 radical (unpaired) electrons. The average Bonchev–Trinajstić information content (AvgIpc) is 1.88. The molecule has 0 aromatic heterocycles. The van der Waals surface area contributed by atoms with Crippen molar-refractivity contribution in [2.24, 2.45) is 4.99 Å². The first-order valence-electron chi connectivity index (χ1n) is 2.95. The summed E-state index contributed by atoms with van der Waals surface area (Å²) in [6, 6.07) is -0.150. The molecule has 4 heteroatoms. The quantitative estimate of drug-likeness (QED) is 0.566. The highest BCUT2D eigenvalue weighted by molar-refractivity contribution is 5.76. The molecule has 1 rings (SSSR count). The van der Waals surface area contributed by atoms with Crippen LogP contribution in [0.5, 0.6) is 0 Å². The van der Waals surface area contributed by atoms with Gasteiger partial charge in [0.15, 0.2) is 0 Å². The maximum atomic E-state index is 10.1. The molecule has 54 valence electrons. The maximum absolute atomic E-state index is 10.1. The fraction of sp³-hybridized carbons (Fsp3) is 0.333. The van der Waals surface area contributed by atoms with Crippen LogP contribution in [0.2, 0.25) is 0 Å². The van der Waals surface area contributed by atoms with Gasteiger partial charge < -0.3 is 10.4 Å². The summed E-state index contributed by atoms with van der Waals surface area (Å²) >= 11 is 0. The van der Waals surface area contributed by atoms with E-state index >= 15 is 0 Å². The Morgan fingerprint density at radius 1 is 1.80 bits per heavy atom. The topological polar surface area (TPSA) is 61.7 Å². The Hall–Kier alpha value is -1.32. The van der Waals surface area contributed by atoms with Crippen LogP contribution >= 0.6 is 0 Å². The third kappa shape index (κ3) is 1.89. The van der Waals surface area contributed by atoms with Gasteiger partial charge in [-0.3, -0.25) is 9.79 Å². The average molecular weight is 140 g/mol. The van der Waals surface area contributed by atoms with E-state index in [-0.39, 0.29) is 12.5 Å². The minimum Gasteiger partial charge on any atom is -0.481 e. The van der Waals surface area contributed by atoms with Gasteiger partial charge in [0, 0.05) is 18.6 Å². The Balaban J connectivity index is 2.37. The highest BCUT2D eigenvalue weighted by Gasteiger charge is 2.08. The van der Waals surface area contributed by atoms with Gasteiger partial charge in [-0.25, -0.2) is 0 Å². The lowest BCUT2D eigenvalue weighted by molar-refractivity contribution is -0.137. The van der Waals surface area contributed by atoms with Crippen LogP contribution in [0.15, 0.2) is 17.4 Å². The van der Waals surface area contributed by atoms with Gasteiger partial charge in [-0.1, -0.05) is 0 Å². The fourth-order valence-corrected chi connectivity index (χ4v) is 0.706. The molecule has 0 aromatic rings. The van der Waals surface area contributed by atoms with E-state index in [4.69, 9.17) is 5.11 Å². The van der Waals surface area contributed by atoms with Crippen LogP contribution in [-0.2, 0) is 4.79 Å². The first kappa shape index (κ1) is 6.80. The molecule has 0 aromatic carbocycles. The molecule has 0 saturated carbocycles. The van der Waals surface area contributed by atoms with Crippen molar-refractivity contribution >= 4 is 12.2 Å². The summed E-state index contributed by atoms with van der Waals surface area (Å²) in [4.78, 5) is 13.9. The number of aliphatic imine (C=N–C) groups is 1. The molecular formula is C6H8N2O2. The summed E-state index contributed by atoms with van der Waals surface area (Å²) in [5.74, 6) is -0.820. The number of carboxylic acids is 1. The van der Waals surface area contributed by atoms with Crippen molar-refractivity contribution in [2.75, 3.05) is 0 Å². The zero-order valence-corrected chi connectivity index (χ0v) is 5.32. The standard InChI is InChI=1S/C6H8N2O2/c9-6(10)3-5-4-7-1-2-8-5/h1-2,4-5,8H,3H2,(H,9,10). The minimum atomic E-state index is -0.820. The van der Waals surface area contributed by atoms with E-state index in [1.165, 1.54) is 0 Å². The van der Waals surface area contributed by atoms with Gasteiger partial charge in [0.1, 0.15) is 0 Å². The zero-order valence-electron chi connectivity index (χ0n) is 5.32. The van der Waals surface area contributed by atoms with Crippen LogP contribution in [0, 0.1) is 0 Å². The van der Waals surface area contributed by atoms with Crippen molar-refractivity contribution in [2.45, 2.75) is 12.5 Å². The van der Waals surface area contributed by atoms with Crippen molar-refractivity contribution in [3.8, 4) is 0 Å². The molecule has 1 aliphatic rings. The van der Waals surface area contributed by atoms with Crippen LogP contribution < -0.4 is 5.32 Å². The predicted octanol–water partition coefficient (Wildman–Crippen LogP) is -0.0251. The molecule has 0 saturated heterocycles. The van der Waals surface area contributed by atoms with Crippen LogP contribution in [0.1, 0.15) is 6.42 Å². The first-order valence-corrected chi connectivity index (χ1v) is 2.95. The second kappa shape index (κ2) is 3.00. The van der Waals surface area contributed by atoms with E-state index in [1.807, 2.05) is 0 Å². The summed E-state index contributed by atoms with van der Waals surface area (Å²) < 4.78 is 0. The van der Waals surface area contributed by atoms with Crippen LogP contribution in [0.3, 0.4) is 0 Å². The number of rotatable bonds is 2. The van der Waals surface area contributed by atoms with Crippen molar-refractivity contribution in [1.29, 1.82) is 0 Å². The van der Waals surface area contributed by atoms with E-state index in [9.17, 15) is 4.79 Å². The van der Waals surface area contributed by atoms with Crippen molar-refractivity contribution in [1.82, 2.24) is 5.32 Å². The molecule has 0 aliphatic carbocycles. The smallest absolute Gasteiger partial charge is 0.305 e. The number of carboxylic acid groups (broad SMARTS) is 1. The van der Waals surface area contributed by atoms with E-state index < -0.39 is 5.97 Å². The van der Waals surface area contributed by atoms with Gasteiger partial charge in [-0.15, -0.1) is 0 Å². The molecule has 10 heavy (non-hydrogen) atoms. The number of nitrogens with zero attached hydrogens (tertiary/aromatic N) is 1. The third-order valence-corrected chi connectivity index (χ3v) is 1.13. The van der Waals surface area contributed by atoms with Gasteiger partial charge in [-0.05, 0) is 0 Å². The van der Waals surface area contributed by atoms with Gasteiger partial charge in [0.2, 0.25) is 0 Å². The normalized spacial score (nSPS) is 22.2. The first-order chi connectivity index (χ1) is 4.79. The maximum Gasteiger partial charge on any atom is 0.305 e. The SMILES string of the molecule is O=C(O)CC1C=NC=CN1. The number of hydrogen-bond acceptors (Lipinski definition) is 3. The molecule has 1 atom stereocenters. The lowest BCUT2D eigenvalue weighted by Gasteiger charge is -2.10. The molecule has 0 bridgehead atoms. The molecule has 1 unspecified atom stereocenters. The second-order valence-electron chi connectivity index (χ2n) is 1.98. The molecule has 0 fully saturated rings. The number of aliphatic carboxylic acids is 1. The monoisotopic (exact) mass is 140 g/mol. The van der Waals surface area contributed by atoms with Gasteiger partial charge in [-0.2, -0.15) is 0 Å². The van der Waals surface area contributed by atoms with Gasteiger partial charge in [0.25, 0.3) is 0 Å². The highest BCUT2D eigenvalue weighted by atomic mass is 16.4. The lowest BCUT2D eigenvalue weighted by atomic mass is 10.2. The van der Waals surface area contributed by atoms with Crippen molar-refractivity contribution < 1.29 is 9.90 Å². The number of nitrogens with one attached hydrogen (secondary N) is 1. The molecule has 1 aliphatic heterocycles. The molecule has 0 spiro atoms. The van der Waals surface area contributed by atoms with Crippen molar-refractivity contribution in [3.63, 3.8) is 0 Å². The van der Waals surface area contributed by atoms with E-state index in [2.05, 4.69) is 10.3 Å². The Labute approximate surface area is 58.3 Å². The fourth-order valence-electron chi connectivity index (χ4n) is 0.706. The van der Waals surface area contributed by atoms with E-state index in [1.54, 1.807) is 18.6 Å². The highest BCUT2D eigenvalue weighted by Crippen LogP contribution is 1.93. The summed E-state index contributed by atoms with van der Waals surface area (Å²) in [6.45, 7) is 0. The molecular weight excluding hydrogens is 132 g/mol. The number of hydrogen-bond donors (Lipinski definition) is 2. The zero-order chi connectivity index (χ0) is 7.40. The summed E-state index contributed by atoms with van der Waals surface area (Å²) in [5, 5.41) is 11.2. The van der Waals surface area contributed by atoms with Gasteiger partial charge in [0.05, 0.1) is 12.5 Å². The van der Waals surface area contributed by atoms with E-state index in [0.717, 1.165) is 0 Å². The van der Waals surface area contributed by atoms with Crippen LogP contribution in [0.25, 0.3) is 0 Å². The molecule has 0 amide bonds. The largest absolute Gasteiger partial charge is 0.481 e. The summed E-state index contributed by atoms with van der Waals surface area (Å²) in [6.07, 6.45) is 4.87. The lowest BCUT2D eigenvalue weighted by Crippen LogP contribution is -2.30. The molecule has 2 N–H and O–H groups in total.